The van der Waals surface area contributed by atoms with Crippen LogP contribution in [0, 0.1) is 17.8 Å². The number of anilines is 1. The number of aliphatic hydroxyl groups is 1. The van der Waals surface area contributed by atoms with Crippen molar-refractivity contribution in [2.24, 2.45) is 17.8 Å². The van der Waals surface area contributed by atoms with Crippen molar-refractivity contribution in [3.63, 3.8) is 0 Å². The van der Waals surface area contributed by atoms with Crippen molar-refractivity contribution in [3.05, 3.63) is 54.6 Å². The van der Waals surface area contributed by atoms with E-state index in [-0.39, 0.29) is 36.8 Å². The third-order valence-electron chi connectivity index (χ3n) is 9.50. The molecular weight excluding hydrogens is 554 g/mol. The van der Waals surface area contributed by atoms with Crippen molar-refractivity contribution in [2.45, 2.75) is 76.5 Å². The van der Waals surface area contributed by atoms with E-state index in [2.05, 4.69) is 20.1 Å². The molecule has 3 unspecified atom stereocenters. The van der Waals surface area contributed by atoms with Gasteiger partial charge in [0, 0.05) is 32.8 Å². The Morgan fingerprint density at radius 2 is 1.83 bits per heavy atom. The number of nitrogens with zero attached hydrogens (tertiary/aromatic N) is 3. The van der Waals surface area contributed by atoms with Gasteiger partial charge in [-0.25, -0.2) is 0 Å². The van der Waals surface area contributed by atoms with Crippen LogP contribution in [0.5, 0.6) is 0 Å². The zero-order valence-electron chi connectivity index (χ0n) is 25.3. The zero-order valence-corrected chi connectivity index (χ0v) is 26.0. The minimum absolute atomic E-state index is 0.0457. The summed E-state index contributed by atoms with van der Waals surface area (Å²) in [6.45, 7) is 15.4. The Balaban J connectivity index is 1.80. The van der Waals surface area contributed by atoms with Gasteiger partial charge in [-0.05, 0) is 50.7 Å². The molecule has 2 bridgehead atoms. The van der Waals surface area contributed by atoms with Gasteiger partial charge in [0.15, 0.2) is 0 Å². The number of carbonyl (C=O) groups is 3. The number of carbonyl (C=O) groups excluding carboxylic acids is 3. The van der Waals surface area contributed by atoms with E-state index in [0.717, 1.165) is 19.3 Å². The fourth-order valence-corrected chi connectivity index (χ4v) is 7.79. The van der Waals surface area contributed by atoms with Gasteiger partial charge in [-0.3, -0.25) is 14.4 Å². The van der Waals surface area contributed by atoms with E-state index in [9.17, 15) is 19.5 Å². The topological polar surface area (TPSA) is 90.4 Å². The molecule has 230 valence electrons. The number of benzene rings is 1. The summed E-state index contributed by atoms with van der Waals surface area (Å²) in [5.74, 6) is -2.11. The lowest BCUT2D eigenvalue weighted by atomic mass is 9.62. The maximum Gasteiger partial charge on any atom is 0.253 e. The molecular formula is C33H46ClN3O5. The summed E-state index contributed by atoms with van der Waals surface area (Å²) in [6, 6.07) is 6.24. The number of likely N-dealkylation sites (tertiary alicyclic amines) is 1. The molecule has 3 saturated heterocycles. The molecule has 1 aromatic rings. The zero-order chi connectivity index (χ0) is 30.7. The molecule has 3 amide bonds. The maximum absolute atomic E-state index is 14.7. The van der Waals surface area contributed by atoms with E-state index >= 15 is 0 Å². The van der Waals surface area contributed by atoms with Gasteiger partial charge in [-0.1, -0.05) is 62.6 Å². The average molecular weight is 600 g/mol. The van der Waals surface area contributed by atoms with Crippen LogP contribution in [0.4, 0.5) is 5.69 Å². The van der Waals surface area contributed by atoms with Gasteiger partial charge in [-0.2, -0.15) is 0 Å². The molecule has 3 aliphatic heterocycles. The number of amides is 3. The molecule has 3 heterocycles. The number of hydrogen-bond acceptors (Lipinski definition) is 5. The predicted molar refractivity (Wildman–Crippen MR) is 165 cm³/mol. The lowest BCUT2D eigenvalue weighted by molar-refractivity contribution is -0.151. The minimum atomic E-state index is -1.14. The monoisotopic (exact) mass is 599 g/mol. The van der Waals surface area contributed by atoms with Crippen LogP contribution in [0.1, 0.15) is 59.3 Å². The van der Waals surface area contributed by atoms with E-state index in [1.807, 2.05) is 19.9 Å². The molecule has 0 aromatic heterocycles. The summed E-state index contributed by atoms with van der Waals surface area (Å²) < 4.78 is 6.92. The Labute approximate surface area is 255 Å². The van der Waals surface area contributed by atoms with Crippen molar-refractivity contribution >= 4 is 35.0 Å². The fraction of sp³-hybridized carbons (Fsp3) is 0.606. The van der Waals surface area contributed by atoms with E-state index in [1.54, 1.807) is 45.1 Å². The third-order valence-corrected chi connectivity index (χ3v) is 9.82. The molecule has 0 radical (unpaired) electrons. The summed E-state index contributed by atoms with van der Waals surface area (Å²) in [6.07, 6.45) is 7.64. The van der Waals surface area contributed by atoms with Crippen LogP contribution >= 0.6 is 11.6 Å². The second kappa shape index (κ2) is 13.3. The minimum Gasteiger partial charge on any atom is -0.396 e. The molecule has 42 heavy (non-hydrogen) atoms. The molecule has 1 N–H and O–H groups in total. The summed E-state index contributed by atoms with van der Waals surface area (Å²) in [4.78, 5) is 48.5. The molecule has 3 fully saturated rings. The number of para-hydroxylation sites is 1. The van der Waals surface area contributed by atoms with Crippen molar-refractivity contribution in [1.82, 2.24) is 9.80 Å². The number of halogens is 1. The number of aliphatic hydroxyl groups excluding tert-OH is 1. The van der Waals surface area contributed by atoms with Gasteiger partial charge in [-0.15, -0.1) is 13.2 Å². The van der Waals surface area contributed by atoms with E-state index in [1.165, 1.54) is 0 Å². The lowest BCUT2D eigenvalue weighted by Crippen LogP contribution is -2.57. The quantitative estimate of drug-likeness (QED) is 0.230. The van der Waals surface area contributed by atoms with Gasteiger partial charge >= 0.3 is 0 Å². The lowest BCUT2D eigenvalue weighted by Gasteiger charge is -2.39. The number of fused-ring (bicyclic) bond motifs is 1. The highest BCUT2D eigenvalue weighted by atomic mass is 35.5. The van der Waals surface area contributed by atoms with E-state index < -0.39 is 29.1 Å². The molecule has 8 nitrogen and oxygen atoms in total. The number of unbranched alkanes of at least 4 members (excludes halogenated alkanes) is 3. The largest absolute Gasteiger partial charge is 0.396 e. The number of ether oxygens (including phenoxy) is 1. The van der Waals surface area contributed by atoms with Gasteiger partial charge in [0.05, 0.1) is 28.1 Å². The Morgan fingerprint density at radius 1 is 1.14 bits per heavy atom. The summed E-state index contributed by atoms with van der Waals surface area (Å²) in [5, 5.41) is 9.64. The van der Waals surface area contributed by atoms with Crippen LogP contribution in [0.15, 0.2) is 49.6 Å². The van der Waals surface area contributed by atoms with Crippen LogP contribution in [-0.4, -0.2) is 82.7 Å². The number of hydrogen-bond donors (Lipinski definition) is 1. The third kappa shape index (κ3) is 5.42. The van der Waals surface area contributed by atoms with E-state index in [0.29, 0.717) is 49.6 Å². The Kier molecular flexibility index (Phi) is 10.2. The van der Waals surface area contributed by atoms with Crippen molar-refractivity contribution in [1.29, 1.82) is 0 Å². The van der Waals surface area contributed by atoms with E-state index in [4.69, 9.17) is 16.3 Å². The van der Waals surface area contributed by atoms with Crippen molar-refractivity contribution in [2.75, 3.05) is 37.7 Å². The second-order valence-electron chi connectivity index (χ2n) is 12.1. The smallest absolute Gasteiger partial charge is 0.253 e. The van der Waals surface area contributed by atoms with Gasteiger partial charge in [0.1, 0.15) is 11.6 Å². The highest BCUT2D eigenvalue weighted by Gasteiger charge is 2.80. The SMILES string of the molecule is C=CCN(CCC)C(=O)[C@@H]1[C@H]2C(=O)N(CCCCCCO)C(C(=O)N(CC=C)c3ccccc3Cl)C23CC(C)[C@@]1(C)O3. The normalized spacial score (nSPS) is 29.5. The Bertz CT molecular complexity index is 1190. The maximum atomic E-state index is 14.7. The first kappa shape index (κ1) is 32.2. The first-order valence-corrected chi connectivity index (χ1v) is 15.7. The fourth-order valence-electron chi connectivity index (χ4n) is 7.55. The van der Waals surface area contributed by atoms with Gasteiger partial charge < -0.3 is 24.5 Å². The number of rotatable bonds is 15. The van der Waals surface area contributed by atoms with Gasteiger partial charge in [0.25, 0.3) is 5.91 Å². The highest BCUT2D eigenvalue weighted by Crippen LogP contribution is 2.65. The molecule has 9 heteroatoms. The predicted octanol–water partition coefficient (Wildman–Crippen LogP) is 4.85. The van der Waals surface area contributed by atoms with Crippen LogP contribution in [0.2, 0.25) is 5.02 Å². The summed E-state index contributed by atoms with van der Waals surface area (Å²) in [5.41, 5.74) is -1.48. The molecule has 1 spiro atoms. The van der Waals surface area contributed by atoms with Crippen LogP contribution in [0.3, 0.4) is 0 Å². The Morgan fingerprint density at radius 3 is 2.48 bits per heavy atom. The molecule has 0 saturated carbocycles. The first-order valence-electron chi connectivity index (χ1n) is 15.3. The molecule has 6 atom stereocenters. The first-order chi connectivity index (χ1) is 20.1. The standard InChI is InChI=1S/C33H46ClN3O5/c1-6-17-35(18-7-2)29(39)26-27-30(40)37(20-13-9-10-14-21-38)28(33(27)22-23(4)32(26,5)42-33)31(41)36(19-8-3)25-16-12-11-15-24(25)34/h6,8,11-12,15-16,23,26-28,38H,1,3,7,9-10,13-14,17-22H2,2,4-5H3/t23?,26-,27-,28?,32+,33?/m0/s1. The summed E-state index contributed by atoms with van der Waals surface area (Å²) in [7, 11) is 0. The average Bonchev–Trinajstić information content (AvgIpc) is 3.47. The van der Waals surface area contributed by atoms with Gasteiger partial charge in [0.2, 0.25) is 11.8 Å². The molecule has 0 aliphatic carbocycles. The van der Waals surface area contributed by atoms with Crippen molar-refractivity contribution < 1.29 is 24.2 Å². The molecule has 3 aliphatic rings. The molecule has 1 aromatic carbocycles. The summed E-state index contributed by atoms with van der Waals surface area (Å²) >= 11 is 6.58. The van der Waals surface area contributed by atoms with Crippen LogP contribution in [0.25, 0.3) is 0 Å². The highest BCUT2D eigenvalue weighted by molar-refractivity contribution is 6.34. The van der Waals surface area contributed by atoms with Crippen LogP contribution < -0.4 is 4.90 Å². The van der Waals surface area contributed by atoms with Crippen LogP contribution in [-0.2, 0) is 19.1 Å². The van der Waals surface area contributed by atoms with Crippen molar-refractivity contribution in [3.8, 4) is 0 Å². The Hall–Kier alpha value is -2.68. The molecule has 4 rings (SSSR count). The second-order valence-corrected chi connectivity index (χ2v) is 12.5.